The van der Waals surface area contributed by atoms with Crippen LogP contribution in [0.25, 0.3) is 0 Å². The Labute approximate surface area is 134 Å². The number of nitrogens with one attached hydrogen (secondary N) is 1. The molecule has 1 N–H and O–H groups in total. The zero-order valence-corrected chi connectivity index (χ0v) is 14.1. The average Bonchev–Trinajstić information content (AvgIpc) is 2.55. The highest BCUT2D eigenvalue weighted by atomic mass is 16.5. The Morgan fingerprint density at radius 2 is 1.64 bits per heavy atom. The highest BCUT2D eigenvalue weighted by Gasteiger charge is 2.10. The first-order valence-corrected chi connectivity index (χ1v) is 8.04. The Balaban J connectivity index is 1.87. The molecule has 118 valence electrons. The summed E-state index contributed by atoms with van der Waals surface area (Å²) in [6.07, 6.45) is 0. The van der Waals surface area contributed by atoms with Crippen LogP contribution in [0.2, 0.25) is 0 Å². The smallest absolute Gasteiger partial charge is 0.122 e. The number of hydrogen-bond acceptors (Lipinski definition) is 2. The van der Waals surface area contributed by atoms with Crippen LogP contribution in [0.3, 0.4) is 0 Å². The third-order valence-corrected chi connectivity index (χ3v) is 4.10. The third kappa shape index (κ3) is 4.35. The fourth-order valence-corrected chi connectivity index (χ4v) is 2.64. The molecule has 0 bridgehead atoms. The zero-order chi connectivity index (χ0) is 15.9. The molecule has 0 aliphatic rings. The molecule has 1 unspecified atom stereocenters. The van der Waals surface area contributed by atoms with Crippen LogP contribution >= 0.6 is 0 Å². The van der Waals surface area contributed by atoms with E-state index in [9.17, 15) is 0 Å². The lowest BCUT2D eigenvalue weighted by molar-refractivity contribution is 0.405. The number of hydrogen-bond donors (Lipinski definition) is 1. The summed E-state index contributed by atoms with van der Waals surface area (Å²) in [6.45, 7) is 8.52. The van der Waals surface area contributed by atoms with Crippen LogP contribution in [-0.2, 0) is 6.54 Å². The van der Waals surface area contributed by atoms with Gasteiger partial charge in [0.05, 0.1) is 7.11 Å². The second kappa shape index (κ2) is 8.00. The lowest BCUT2D eigenvalue weighted by atomic mass is 9.99. The van der Waals surface area contributed by atoms with Gasteiger partial charge >= 0.3 is 0 Å². The monoisotopic (exact) mass is 297 g/mol. The van der Waals surface area contributed by atoms with Gasteiger partial charge < -0.3 is 10.1 Å². The molecule has 0 amide bonds. The summed E-state index contributed by atoms with van der Waals surface area (Å²) >= 11 is 0. The molecule has 0 fully saturated rings. The minimum atomic E-state index is 0.422. The SMILES string of the molecule is COc1ccccc1C(C)CNCc1ccc(C(C)C)cc1. The van der Waals surface area contributed by atoms with E-state index in [4.69, 9.17) is 4.74 Å². The van der Waals surface area contributed by atoms with Crippen molar-refractivity contribution in [1.82, 2.24) is 5.32 Å². The van der Waals surface area contributed by atoms with Crippen molar-refractivity contribution in [3.05, 3.63) is 65.2 Å². The minimum absolute atomic E-state index is 0.422. The summed E-state index contributed by atoms with van der Waals surface area (Å²) in [4.78, 5) is 0. The summed E-state index contributed by atoms with van der Waals surface area (Å²) < 4.78 is 5.44. The lowest BCUT2D eigenvalue weighted by Gasteiger charge is -2.16. The summed E-state index contributed by atoms with van der Waals surface area (Å²) in [7, 11) is 1.73. The van der Waals surface area contributed by atoms with Gasteiger partial charge in [0.25, 0.3) is 0 Å². The average molecular weight is 297 g/mol. The van der Waals surface area contributed by atoms with E-state index in [0.29, 0.717) is 11.8 Å². The Bertz CT molecular complexity index is 575. The molecule has 0 heterocycles. The van der Waals surface area contributed by atoms with Crippen molar-refractivity contribution >= 4 is 0 Å². The molecule has 0 aliphatic carbocycles. The molecule has 0 aromatic heterocycles. The van der Waals surface area contributed by atoms with Gasteiger partial charge in [0.2, 0.25) is 0 Å². The van der Waals surface area contributed by atoms with E-state index < -0.39 is 0 Å². The van der Waals surface area contributed by atoms with E-state index in [0.717, 1.165) is 18.8 Å². The number of para-hydroxylation sites is 1. The van der Waals surface area contributed by atoms with Crippen molar-refractivity contribution in [2.24, 2.45) is 0 Å². The molecular weight excluding hydrogens is 270 g/mol. The van der Waals surface area contributed by atoms with Gasteiger partial charge in [-0.15, -0.1) is 0 Å². The fraction of sp³-hybridized carbons (Fsp3) is 0.400. The molecule has 2 rings (SSSR count). The van der Waals surface area contributed by atoms with Gasteiger partial charge in [0, 0.05) is 13.1 Å². The molecule has 2 nitrogen and oxygen atoms in total. The first kappa shape index (κ1) is 16.6. The molecule has 0 saturated carbocycles. The van der Waals surface area contributed by atoms with Gasteiger partial charge in [-0.2, -0.15) is 0 Å². The number of rotatable bonds is 7. The maximum Gasteiger partial charge on any atom is 0.122 e. The molecule has 0 aliphatic heterocycles. The van der Waals surface area contributed by atoms with E-state index in [-0.39, 0.29) is 0 Å². The number of ether oxygens (including phenoxy) is 1. The molecule has 1 atom stereocenters. The second-order valence-electron chi connectivity index (χ2n) is 6.17. The highest BCUT2D eigenvalue weighted by molar-refractivity contribution is 5.36. The van der Waals surface area contributed by atoms with Gasteiger partial charge in [-0.1, -0.05) is 63.2 Å². The number of benzene rings is 2. The van der Waals surface area contributed by atoms with Crippen LogP contribution in [0.4, 0.5) is 0 Å². The first-order chi connectivity index (χ1) is 10.6. The molecule has 2 heteroatoms. The normalized spacial score (nSPS) is 12.4. The number of methoxy groups -OCH3 is 1. The third-order valence-electron chi connectivity index (χ3n) is 4.10. The van der Waals surface area contributed by atoms with E-state index in [2.05, 4.69) is 62.5 Å². The summed E-state index contributed by atoms with van der Waals surface area (Å²) in [6, 6.07) is 17.1. The molecule has 2 aromatic carbocycles. The summed E-state index contributed by atoms with van der Waals surface area (Å²) in [5.41, 5.74) is 3.98. The van der Waals surface area contributed by atoms with Crippen molar-refractivity contribution in [2.45, 2.75) is 39.2 Å². The predicted molar refractivity (Wildman–Crippen MR) is 93.6 cm³/mol. The second-order valence-corrected chi connectivity index (χ2v) is 6.17. The van der Waals surface area contributed by atoms with Crippen LogP contribution in [0, 0.1) is 0 Å². The topological polar surface area (TPSA) is 21.3 Å². The standard InChI is InChI=1S/C20H27NO/c1-15(2)18-11-9-17(10-12-18)14-21-13-16(3)19-7-5-6-8-20(19)22-4/h5-12,15-16,21H,13-14H2,1-4H3. The van der Waals surface area contributed by atoms with Crippen molar-refractivity contribution in [1.29, 1.82) is 0 Å². The quantitative estimate of drug-likeness (QED) is 0.799. The van der Waals surface area contributed by atoms with Gasteiger partial charge in [0.15, 0.2) is 0 Å². The van der Waals surface area contributed by atoms with Crippen molar-refractivity contribution < 1.29 is 4.74 Å². The Morgan fingerprint density at radius 1 is 0.955 bits per heavy atom. The lowest BCUT2D eigenvalue weighted by Crippen LogP contribution is -2.20. The summed E-state index contributed by atoms with van der Waals surface area (Å²) in [5, 5.41) is 3.54. The highest BCUT2D eigenvalue weighted by Crippen LogP contribution is 2.25. The first-order valence-electron chi connectivity index (χ1n) is 8.04. The van der Waals surface area contributed by atoms with Crippen molar-refractivity contribution in [3.63, 3.8) is 0 Å². The van der Waals surface area contributed by atoms with Crippen molar-refractivity contribution in [2.75, 3.05) is 13.7 Å². The van der Waals surface area contributed by atoms with Crippen LogP contribution in [0.15, 0.2) is 48.5 Å². The Morgan fingerprint density at radius 3 is 2.27 bits per heavy atom. The van der Waals surface area contributed by atoms with E-state index in [1.54, 1.807) is 7.11 Å². The molecule has 0 saturated heterocycles. The predicted octanol–water partition coefficient (Wildman–Crippen LogP) is 4.71. The summed E-state index contributed by atoms with van der Waals surface area (Å²) in [5.74, 6) is 1.98. The maximum atomic E-state index is 5.44. The van der Waals surface area contributed by atoms with E-state index in [1.165, 1.54) is 16.7 Å². The van der Waals surface area contributed by atoms with Crippen LogP contribution in [0.5, 0.6) is 5.75 Å². The van der Waals surface area contributed by atoms with Crippen molar-refractivity contribution in [3.8, 4) is 5.75 Å². The van der Waals surface area contributed by atoms with Gasteiger partial charge in [-0.05, 0) is 34.6 Å². The molecule has 22 heavy (non-hydrogen) atoms. The fourth-order valence-electron chi connectivity index (χ4n) is 2.64. The molecule has 0 spiro atoms. The van der Waals surface area contributed by atoms with Gasteiger partial charge in [-0.25, -0.2) is 0 Å². The van der Waals surface area contributed by atoms with Crippen LogP contribution in [-0.4, -0.2) is 13.7 Å². The minimum Gasteiger partial charge on any atom is -0.496 e. The van der Waals surface area contributed by atoms with Gasteiger partial charge in [-0.3, -0.25) is 0 Å². The van der Waals surface area contributed by atoms with Crippen LogP contribution < -0.4 is 10.1 Å². The van der Waals surface area contributed by atoms with E-state index in [1.807, 2.05) is 12.1 Å². The molecule has 2 aromatic rings. The largest absolute Gasteiger partial charge is 0.496 e. The molecular formula is C20H27NO. The Kier molecular flexibility index (Phi) is 6.02. The van der Waals surface area contributed by atoms with E-state index >= 15 is 0 Å². The maximum absolute atomic E-state index is 5.44. The van der Waals surface area contributed by atoms with Crippen LogP contribution in [0.1, 0.15) is 49.3 Å². The molecule has 0 radical (unpaired) electrons. The Hall–Kier alpha value is -1.80. The zero-order valence-electron chi connectivity index (χ0n) is 14.1. The van der Waals surface area contributed by atoms with Gasteiger partial charge in [0.1, 0.15) is 5.75 Å².